The summed E-state index contributed by atoms with van der Waals surface area (Å²) in [6.45, 7) is 4.80. The molecule has 5 nitrogen and oxygen atoms in total. The number of nitrogens with two attached hydrogens (primary N) is 1. The molecule has 0 radical (unpaired) electrons. The summed E-state index contributed by atoms with van der Waals surface area (Å²) >= 11 is 0. The Bertz CT molecular complexity index is 490. The van der Waals surface area contributed by atoms with E-state index >= 15 is 0 Å². The van der Waals surface area contributed by atoms with Gasteiger partial charge in [-0.3, -0.25) is 4.79 Å². The van der Waals surface area contributed by atoms with Gasteiger partial charge in [-0.2, -0.15) is 0 Å². The average Bonchev–Trinajstić information content (AvgIpc) is 2.92. The van der Waals surface area contributed by atoms with E-state index in [0.717, 1.165) is 23.5 Å². The van der Waals surface area contributed by atoms with Gasteiger partial charge in [-0.25, -0.2) is 0 Å². The number of nitrogens with zero attached hydrogens (tertiary/aromatic N) is 1. The second kappa shape index (κ2) is 6.13. The first kappa shape index (κ1) is 14.7. The molecule has 0 bridgehead atoms. The Morgan fingerprint density at radius 1 is 1.40 bits per heavy atom. The summed E-state index contributed by atoms with van der Waals surface area (Å²) in [5, 5.41) is 0. The van der Waals surface area contributed by atoms with Crippen molar-refractivity contribution in [1.29, 1.82) is 0 Å². The molecule has 0 fully saturated rings. The van der Waals surface area contributed by atoms with Crippen molar-refractivity contribution in [2.24, 2.45) is 11.7 Å². The maximum atomic E-state index is 12.2. The first-order chi connectivity index (χ1) is 9.52. The van der Waals surface area contributed by atoms with Crippen molar-refractivity contribution in [2.45, 2.75) is 32.9 Å². The van der Waals surface area contributed by atoms with Crippen LogP contribution < -0.4 is 15.2 Å². The van der Waals surface area contributed by atoms with Crippen molar-refractivity contribution in [3.05, 3.63) is 23.8 Å². The zero-order valence-corrected chi connectivity index (χ0v) is 12.3. The van der Waals surface area contributed by atoms with Gasteiger partial charge in [0.15, 0.2) is 11.5 Å². The summed E-state index contributed by atoms with van der Waals surface area (Å²) in [6, 6.07) is 5.26. The smallest absolute Gasteiger partial charge is 0.239 e. The molecule has 1 amide bonds. The fourth-order valence-corrected chi connectivity index (χ4v) is 2.14. The van der Waals surface area contributed by atoms with Crippen LogP contribution in [0.25, 0.3) is 0 Å². The molecular formula is C15H22N2O3. The molecule has 110 valence electrons. The van der Waals surface area contributed by atoms with E-state index < -0.39 is 6.04 Å². The van der Waals surface area contributed by atoms with E-state index in [2.05, 4.69) is 0 Å². The minimum absolute atomic E-state index is 0.0305. The second-order valence-electron chi connectivity index (χ2n) is 5.29. The monoisotopic (exact) mass is 278 g/mol. The lowest BCUT2D eigenvalue weighted by Gasteiger charge is -2.24. The molecule has 5 heteroatoms. The van der Waals surface area contributed by atoms with Crippen LogP contribution >= 0.6 is 0 Å². The number of rotatable bonds is 5. The van der Waals surface area contributed by atoms with Crippen molar-refractivity contribution in [3.63, 3.8) is 0 Å². The number of amides is 1. The number of benzene rings is 1. The number of hydrogen-bond acceptors (Lipinski definition) is 4. The van der Waals surface area contributed by atoms with Crippen LogP contribution in [0.4, 0.5) is 0 Å². The van der Waals surface area contributed by atoms with Gasteiger partial charge < -0.3 is 20.1 Å². The highest BCUT2D eigenvalue weighted by Gasteiger charge is 2.23. The molecule has 20 heavy (non-hydrogen) atoms. The summed E-state index contributed by atoms with van der Waals surface area (Å²) in [7, 11) is 1.77. The maximum absolute atomic E-state index is 12.2. The number of hydrogen-bond donors (Lipinski definition) is 1. The van der Waals surface area contributed by atoms with Crippen LogP contribution in [0, 0.1) is 5.92 Å². The number of likely N-dealkylation sites (N-methyl/N-ethyl adjacent to an activating group) is 1. The largest absolute Gasteiger partial charge is 0.454 e. The van der Waals surface area contributed by atoms with Crippen LogP contribution in [0.15, 0.2) is 18.2 Å². The quantitative estimate of drug-likeness (QED) is 0.891. The summed E-state index contributed by atoms with van der Waals surface area (Å²) in [6.07, 6.45) is 0.894. The zero-order valence-electron chi connectivity index (χ0n) is 12.3. The minimum atomic E-state index is -0.445. The molecule has 0 aliphatic carbocycles. The SMILES string of the molecule is CC[C@H](C)[C@H](N)C(=O)N(C)Cc1ccc2c(c1)OCO2. The van der Waals surface area contributed by atoms with Crippen LogP contribution in [-0.2, 0) is 11.3 Å². The molecule has 1 aromatic rings. The van der Waals surface area contributed by atoms with Crippen molar-refractivity contribution in [1.82, 2.24) is 4.90 Å². The topological polar surface area (TPSA) is 64.8 Å². The molecule has 2 N–H and O–H groups in total. The Balaban J connectivity index is 2.00. The van der Waals surface area contributed by atoms with E-state index in [1.165, 1.54) is 0 Å². The van der Waals surface area contributed by atoms with Gasteiger partial charge in [-0.05, 0) is 23.6 Å². The fourth-order valence-electron chi connectivity index (χ4n) is 2.14. The van der Waals surface area contributed by atoms with E-state index in [4.69, 9.17) is 15.2 Å². The lowest BCUT2D eigenvalue weighted by Crippen LogP contribution is -2.45. The third-order valence-electron chi connectivity index (χ3n) is 3.78. The number of fused-ring (bicyclic) bond motifs is 1. The molecule has 0 saturated heterocycles. The van der Waals surface area contributed by atoms with Gasteiger partial charge in [0.2, 0.25) is 12.7 Å². The molecule has 0 unspecified atom stereocenters. The molecule has 1 aliphatic rings. The van der Waals surface area contributed by atoms with Crippen molar-refractivity contribution in [2.75, 3.05) is 13.8 Å². The number of carbonyl (C=O) groups is 1. The van der Waals surface area contributed by atoms with Gasteiger partial charge in [0.25, 0.3) is 0 Å². The van der Waals surface area contributed by atoms with Crippen molar-refractivity contribution >= 4 is 5.91 Å². The normalized spacial score (nSPS) is 15.8. The van der Waals surface area contributed by atoms with Crippen molar-refractivity contribution in [3.8, 4) is 11.5 Å². The lowest BCUT2D eigenvalue weighted by atomic mass is 9.99. The van der Waals surface area contributed by atoms with Gasteiger partial charge >= 0.3 is 0 Å². The highest BCUT2D eigenvalue weighted by molar-refractivity contribution is 5.81. The third-order valence-corrected chi connectivity index (χ3v) is 3.78. The van der Waals surface area contributed by atoms with Crippen LogP contribution in [0.3, 0.4) is 0 Å². The predicted octanol–water partition coefficient (Wildman–Crippen LogP) is 1.75. The van der Waals surface area contributed by atoms with E-state index in [0.29, 0.717) is 6.54 Å². The Morgan fingerprint density at radius 3 is 2.80 bits per heavy atom. The number of ether oxygens (including phenoxy) is 2. The summed E-state index contributed by atoms with van der Waals surface area (Å²) in [5.74, 6) is 1.63. The molecule has 0 saturated carbocycles. The Hall–Kier alpha value is -1.75. The Morgan fingerprint density at radius 2 is 2.10 bits per heavy atom. The molecule has 2 rings (SSSR count). The van der Waals surface area contributed by atoms with E-state index in [-0.39, 0.29) is 18.6 Å². The van der Waals surface area contributed by atoms with Crippen LogP contribution in [-0.4, -0.2) is 30.7 Å². The third kappa shape index (κ3) is 3.04. The second-order valence-corrected chi connectivity index (χ2v) is 5.29. The van der Waals surface area contributed by atoms with E-state index in [1.807, 2.05) is 32.0 Å². The summed E-state index contributed by atoms with van der Waals surface area (Å²) in [4.78, 5) is 13.9. The fraction of sp³-hybridized carbons (Fsp3) is 0.533. The summed E-state index contributed by atoms with van der Waals surface area (Å²) in [5.41, 5.74) is 6.98. The first-order valence-corrected chi connectivity index (χ1v) is 6.92. The minimum Gasteiger partial charge on any atom is -0.454 e. The van der Waals surface area contributed by atoms with Gasteiger partial charge in [0.05, 0.1) is 6.04 Å². The molecule has 0 spiro atoms. The zero-order chi connectivity index (χ0) is 14.7. The highest BCUT2D eigenvalue weighted by atomic mass is 16.7. The molecule has 1 aromatic carbocycles. The lowest BCUT2D eigenvalue weighted by molar-refractivity contribution is -0.132. The van der Waals surface area contributed by atoms with E-state index in [9.17, 15) is 4.79 Å². The molecule has 1 heterocycles. The Labute approximate surface area is 119 Å². The number of carbonyl (C=O) groups excluding carboxylic acids is 1. The van der Waals surface area contributed by atoms with Gasteiger partial charge in [0.1, 0.15) is 0 Å². The van der Waals surface area contributed by atoms with Gasteiger partial charge in [0, 0.05) is 13.6 Å². The average molecular weight is 278 g/mol. The van der Waals surface area contributed by atoms with Gasteiger partial charge in [-0.15, -0.1) is 0 Å². The molecular weight excluding hydrogens is 256 g/mol. The van der Waals surface area contributed by atoms with Gasteiger partial charge in [-0.1, -0.05) is 26.3 Å². The van der Waals surface area contributed by atoms with Crippen LogP contribution in [0.2, 0.25) is 0 Å². The standard InChI is InChI=1S/C15H22N2O3/c1-4-10(2)14(16)15(18)17(3)8-11-5-6-12-13(7-11)20-9-19-12/h5-7,10,14H,4,8-9,16H2,1-3H3/t10-,14-/m0/s1. The molecule has 2 atom stereocenters. The predicted molar refractivity (Wildman–Crippen MR) is 76.5 cm³/mol. The molecule has 1 aliphatic heterocycles. The Kier molecular flexibility index (Phi) is 4.49. The van der Waals surface area contributed by atoms with Crippen LogP contribution in [0.5, 0.6) is 11.5 Å². The summed E-state index contributed by atoms with van der Waals surface area (Å²) < 4.78 is 10.6. The van der Waals surface area contributed by atoms with Crippen LogP contribution in [0.1, 0.15) is 25.8 Å². The first-order valence-electron chi connectivity index (χ1n) is 6.92. The molecule has 0 aromatic heterocycles. The van der Waals surface area contributed by atoms with Crippen molar-refractivity contribution < 1.29 is 14.3 Å². The van der Waals surface area contributed by atoms with E-state index in [1.54, 1.807) is 11.9 Å². The maximum Gasteiger partial charge on any atom is 0.239 e. The highest BCUT2D eigenvalue weighted by Crippen LogP contribution is 2.32.